The number of likely N-dealkylation sites (tertiary alicyclic amines) is 1. The molecule has 0 unspecified atom stereocenters. The van der Waals surface area contributed by atoms with Gasteiger partial charge in [-0.3, -0.25) is 4.90 Å². The maximum atomic E-state index is 2.62. The van der Waals surface area contributed by atoms with Crippen molar-refractivity contribution < 1.29 is 0 Å². The second-order valence-electron chi connectivity index (χ2n) is 5.76. The quantitative estimate of drug-likeness (QED) is 0.731. The third-order valence-corrected chi connectivity index (χ3v) is 4.40. The van der Waals surface area contributed by atoms with Crippen LogP contribution in [0.15, 0.2) is 24.3 Å². The molecule has 16 heavy (non-hydrogen) atoms. The first-order valence-corrected chi connectivity index (χ1v) is 6.54. The zero-order chi connectivity index (χ0) is 11.0. The molecule has 2 aliphatic rings. The fraction of sp³-hybridized carbons (Fsp3) is 0.600. The van der Waals surface area contributed by atoms with Crippen molar-refractivity contribution in [3.8, 4) is 0 Å². The summed E-state index contributed by atoms with van der Waals surface area (Å²) in [4.78, 5) is 2.62. The van der Waals surface area contributed by atoms with Crippen molar-refractivity contribution in [3.05, 3.63) is 35.4 Å². The molecule has 3 rings (SSSR count). The monoisotopic (exact) mass is 215 g/mol. The summed E-state index contributed by atoms with van der Waals surface area (Å²) in [6.07, 6.45) is 5.90. The Hall–Kier alpha value is -0.820. The minimum absolute atomic E-state index is 0.809. The van der Waals surface area contributed by atoms with Crippen molar-refractivity contribution in [3.63, 3.8) is 0 Å². The summed E-state index contributed by atoms with van der Waals surface area (Å²) >= 11 is 0. The first-order valence-electron chi connectivity index (χ1n) is 6.54. The van der Waals surface area contributed by atoms with Gasteiger partial charge in [-0.15, -0.1) is 0 Å². The predicted octanol–water partition coefficient (Wildman–Crippen LogP) is 3.37. The lowest BCUT2D eigenvalue weighted by molar-refractivity contribution is 0.166. The second-order valence-corrected chi connectivity index (χ2v) is 5.76. The summed E-state index contributed by atoms with van der Waals surface area (Å²) in [6.45, 7) is 5.93. The van der Waals surface area contributed by atoms with Gasteiger partial charge < -0.3 is 0 Å². The highest BCUT2D eigenvalue weighted by Crippen LogP contribution is 2.53. The number of nitrogens with zero attached hydrogens (tertiary/aromatic N) is 1. The molecule has 1 aliphatic carbocycles. The van der Waals surface area contributed by atoms with Crippen LogP contribution >= 0.6 is 0 Å². The van der Waals surface area contributed by atoms with Crippen LogP contribution in [0.1, 0.15) is 36.8 Å². The van der Waals surface area contributed by atoms with Crippen LogP contribution in [0.4, 0.5) is 0 Å². The number of aryl methyl sites for hydroxylation is 1. The molecule has 0 amide bonds. The molecule has 1 spiro atoms. The van der Waals surface area contributed by atoms with Gasteiger partial charge in [-0.2, -0.15) is 0 Å². The topological polar surface area (TPSA) is 3.24 Å². The van der Waals surface area contributed by atoms with Crippen LogP contribution < -0.4 is 0 Å². The summed E-state index contributed by atoms with van der Waals surface area (Å²) in [5, 5.41) is 0. The van der Waals surface area contributed by atoms with E-state index in [0.717, 1.165) is 12.0 Å². The molecule has 1 heterocycles. The van der Waals surface area contributed by atoms with Gasteiger partial charge in [0.2, 0.25) is 0 Å². The van der Waals surface area contributed by atoms with Crippen molar-refractivity contribution in [2.75, 3.05) is 13.1 Å². The Kier molecular flexibility index (Phi) is 2.51. The average Bonchev–Trinajstić information content (AvgIpc) is 3.05. The van der Waals surface area contributed by atoms with E-state index in [1.54, 1.807) is 0 Å². The molecule has 0 atom stereocenters. The van der Waals surface area contributed by atoms with Crippen molar-refractivity contribution in [1.29, 1.82) is 0 Å². The fourth-order valence-corrected chi connectivity index (χ4v) is 2.81. The molecule has 0 radical (unpaired) electrons. The molecule has 1 heteroatoms. The molecule has 1 saturated carbocycles. The molecule has 1 aromatic carbocycles. The summed E-state index contributed by atoms with van der Waals surface area (Å²) in [5.74, 6) is 0. The van der Waals surface area contributed by atoms with E-state index in [1.165, 1.54) is 49.9 Å². The lowest BCUT2D eigenvalue weighted by Gasteiger charge is -2.32. The van der Waals surface area contributed by atoms with Crippen LogP contribution in [0.25, 0.3) is 0 Å². The van der Waals surface area contributed by atoms with Crippen LogP contribution in [0.2, 0.25) is 0 Å². The van der Waals surface area contributed by atoms with Gasteiger partial charge in [0.1, 0.15) is 0 Å². The van der Waals surface area contributed by atoms with Gasteiger partial charge in [0.25, 0.3) is 0 Å². The van der Waals surface area contributed by atoms with Crippen LogP contribution in [-0.4, -0.2) is 18.0 Å². The number of hydrogen-bond acceptors (Lipinski definition) is 1. The van der Waals surface area contributed by atoms with E-state index in [1.807, 2.05) is 0 Å². The van der Waals surface area contributed by atoms with Crippen molar-refractivity contribution >= 4 is 0 Å². The van der Waals surface area contributed by atoms with Crippen molar-refractivity contribution in [2.45, 2.75) is 39.2 Å². The number of rotatable bonds is 2. The molecule has 0 bridgehead atoms. The van der Waals surface area contributed by atoms with Gasteiger partial charge in [0.05, 0.1) is 0 Å². The molecule has 0 N–H and O–H groups in total. The molecule has 0 aromatic heterocycles. The summed E-state index contributed by atoms with van der Waals surface area (Å²) < 4.78 is 0. The number of benzene rings is 1. The van der Waals surface area contributed by atoms with E-state index in [-0.39, 0.29) is 0 Å². The van der Waals surface area contributed by atoms with Crippen molar-refractivity contribution in [1.82, 2.24) is 4.90 Å². The molecule has 86 valence electrons. The van der Waals surface area contributed by atoms with Gasteiger partial charge >= 0.3 is 0 Å². The fourth-order valence-electron chi connectivity index (χ4n) is 2.81. The van der Waals surface area contributed by atoms with Gasteiger partial charge in [-0.05, 0) is 56.7 Å². The van der Waals surface area contributed by atoms with Crippen molar-refractivity contribution in [2.24, 2.45) is 5.41 Å². The van der Waals surface area contributed by atoms with Crippen LogP contribution in [0.5, 0.6) is 0 Å². The Balaban J connectivity index is 1.57. The lowest BCUT2D eigenvalue weighted by atomic mass is 9.93. The Morgan fingerprint density at radius 1 is 1.00 bits per heavy atom. The van der Waals surface area contributed by atoms with Gasteiger partial charge in [0, 0.05) is 6.54 Å². The third kappa shape index (κ3) is 2.15. The van der Waals surface area contributed by atoms with Gasteiger partial charge in [0.15, 0.2) is 0 Å². The van der Waals surface area contributed by atoms with Gasteiger partial charge in [-0.1, -0.05) is 29.8 Å². The predicted molar refractivity (Wildman–Crippen MR) is 67.4 cm³/mol. The maximum Gasteiger partial charge on any atom is 0.0233 e. The normalized spacial score (nSPS) is 23.6. The van der Waals surface area contributed by atoms with E-state index in [2.05, 4.69) is 36.1 Å². The average molecular weight is 215 g/mol. The summed E-state index contributed by atoms with van der Waals surface area (Å²) in [6, 6.07) is 9.00. The van der Waals surface area contributed by atoms with E-state index in [9.17, 15) is 0 Å². The molecule has 2 fully saturated rings. The Morgan fingerprint density at radius 2 is 1.62 bits per heavy atom. The number of piperidine rings is 1. The Labute approximate surface area is 98.5 Å². The highest BCUT2D eigenvalue weighted by Gasteiger charge is 2.44. The molecular formula is C15H21N. The minimum Gasteiger partial charge on any atom is -0.299 e. The molecule has 1 aliphatic heterocycles. The first-order chi connectivity index (χ1) is 7.76. The SMILES string of the molecule is Cc1ccc(CN2CCC3(CC2)CC3)cc1. The minimum atomic E-state index is 0.809. The van der Waals surface area contributed by atoms with E-state index < -0.39 is 0 Å². The lowest BCUT2D eigenvalue weighted by Crippen LogP contribution is -2.33. The first kappa shape index (κ1) is 10.3. The molecule has 1 nitrogen and oxygen atoms in total. The number of hydrogen-bond donors (Lipinski definition) is 0. The van der Waals surface area contributed by atoms with Crippen LogP contribution in [-0.2, 0) is 6.54 Å². The van der Waals surface area contributed by atoms with Gasteiger partial charge in [-0.25, -0.2) is 0 Å². The Bertz CT molecular complexity index is 352. The highest BCUT2D eigenvalue weighted by atomic mass is 15.1. The van der Waals surface area contributed by atoms with E-state index >= 15 is 0 Å². The zero-order valence-electron chi connectivity index (χ0n) is 10.2. The maximum absolute atomic E-state index is 2.62. The summed E-state index contributed by atoms with van der Waals surface area (Å²) in [5.41, 5.74) is 3.64. The summed E-state index contributed by atoms with van der Waals surface area (Å²) in [7, 11) is 0. The second kappa shape index (κ2) is 3.89. The molecule has 1 aromatic rings. The highest BCUT2D eigenvalue weighted by molar-refractivity contribution is 5.21. The molecular weight excluding hydrogens is 194 g/mol. The van der Waals surface area contributed by atoms with E-state index in [0.29, 0.717) is 0 Å². The largest absolute Gasteiger partial charge is 0.299 e. The molecule has 1 saturated heterocycles. The van der Waals surface area contributed by atoms with E-state index in [4.69, 9.17) is 0 Å². The van der Waals surface area contributed by atoms with Crippen LogP contribution in [0.3, 0.4) is 0 Å². The zero-order valence-corrected chi connectivity index (χ0v) is 10.2. The van der Waals surface area contributed by atoms with Crippen LogP contribution in [0, 0.1) is 12.3 Å². The Morgan fingerprint density at radius 3 is 2.19 bits per heavy atom. The smallest absolute Gasteiger partial charge is 0.0233 e. The third-order valence-electron chi connectivity index (χ3n) is 4.40. The standard InChI is InChI=1S/C15H21N/c1-13-2-4-14(5-3-13)12-16-10-8-15(6-7-15)9-11-16/h2-5H,6-12H2,1H3.